The largest absolute Gasteiger partial charge is 0.354 e. The highest BCUT2D eigenvalue weighted by Gasteiger charge is 2.03. The van der Waals surface area contributed by atoms with Gasteiger partial charge in [-0.3, -0.25) is 0 Å². The smallest absolute Gasteiger partial charge is 0.145 e. The van der Waals surface area contributed by atoms with Gasteiger partial charge in [-0.15, -0.1) is 0 Å². The molecule has 5 heteroatoms. The Bertz CT molecular complexity index is 409. The number of nitrogens with one attached hydrogen (secondary N) is 1. The zero-order chi connectivity index (χ0) is 8.55. The zero-order valence-corrected chi connectivity index (χ0v) is 7.81. The van der Waals surface area contributed by atoms with E-state index in [9.17, 15) is 0 Å². The van der Waals surface area contributed by atoms with Crippen LogP contribution in [0.2, 0.25) is 0 Å². The summed E-state index contributed by atoms with van der Waals surface area (Å²) >= 11 is 0. The fourth-order valence-corrected chi connectivity index (χ4v) is 1.42. The fourth-order valence-electron chi connectivity index (χ4n) is 1.19. The van der Waals surface area contributed by atoms with E-state index in [0.29, 0.717) is 0 Å². The predicted octanol–water partition coefficient (Wildman–Crippen LogP) is 1.17. The van der Waals surface area contributed by atoms with Gasteiger partial charge in [-0.1, -0.05) is 0 Å². The van der Waals surface area contributed by atoms with Crippen molar-refractivity contribution in [1.82, 2.24) is 14.5 Å². The lowest BCUT2D eigenvalue weighted by Crippen LogP contribution is -1.91. The number of hydrogen-bond donors (Lipinski definition) is 1. The van der Waals surface area contributed by atoms with E-state index in [2.05, 4.69) is 24.4 Å². The number of fused-ring (bicyclic) bond motifs is 1. The van der Waals surface area contributed by atoms with Crippen molar-refractivity contribution >= 4 is 26.2 Å². The average Bonchev–Trinajstić information content (AvgIpc) is 2.48. The van der Waals surface area contributed by atoms with E-state index in [1.165, 1.54) is 0 Å². The lowest BCUT2D eigenvalue weighted by Gasteiger charge is -1.99. The van der Waals surface area contributed by atoms with Crippen molar-refractivity contribution in [3.63, 3.8) is 0 Å². The minimum atomic E-state index is 0.839. The summed E-state index contributed by atoms with van der Waals surface area (Å²) in [4.78, 5) is 8.23. The molecule has 1 atom stereocenters. The van der Waals surface area contributed by atoms with Crippen LogP contribution in [0.15, 0.2) is 18.6 Å². The monoisotopic (exact) mass is 180 g/mol. The summed E-state index contributed by atoms with van der Waals surface area (Å²) in [6, 6.07) is 1.99. The number of anilines is 1. The molecule has 4 nitrogen and oxygen atoms in total. The second kappa shape index (κ2) is 2.72. The van der Waals surface area contributed by atoms with Crippen LogP contribution in [0, 0.1) is 0 Å². The van der Waals surface area contributed by atoms with Gasteiger partial charge >= 0.3 is 0 Å². The Morgan fingerprint density at radius 2 is 2.33 bits per heavy atom. The molecule has 1 unspecified atom stereocenters. The summed E-state index contributed by atoms with van der Waals surface area (Å²) in [5, 5.41) is 3.97. The standard InChI is InChI=1S/C7H9N4P/c1-11-3-2-5-6(10-12)8-4-9-7(5)11/h2-4H,12H2,1H3,(H,8,9,10). The number of aryl methyl sites for hydroxylation is 1. The summed E-state index contributed by atoms with van der Waals surface area (Å²) in [5.74, 6) is 0.839. The zero-order valence-electron chi connectivity index (χ0n) is 6.65. The number of nitrogens with zero attached hydrogens (tertiary/aromatic N) is 3. The summed E-state index contributed by atoms with van der Waals surface area (Å²) in [6.07, 6.45) is 3.51. The molecular weight excluding hydrogens is 171 g/mol. The van der Waals surface area contributed by atoms with Gasteiger partial charge in [0.15, 0.2) is 0 Å². The van der Waals surface area contributed by atoms with Crippen LogP contribution < -0.4 is 5.09 Å². The van der Waals surface area contributed by atoms with Crippen LogP contribution in [0.25, 0.3) is 11.0 Å². The van der Waals surface area contributed by atoms with E-state index in [-0.39, 0.29) is 0 Å². The van der Waals surface area contributed by atoms with Gasteiger partial charge in [0.2, 0.25) is 0 Å². The molecule has 62 valence electrons. The number of hydrogen-bond acceptors (Lipinski definition) is 3. The molecule has 2 heterocycles. The van der Waals surface area contributed by atoms with E-state index in [0.717, 1.165) is 16.9 Å². The van der Waals surface area contributed by atoms with Gasteiger partial charge in [-0.25, -0.2) is 9.97 Å². The first-order valence-corrected chi connectivity index (χ1v) is 4.13. The van der Waals surface area contributed by atoms with E-state index < -0.39 is 0 Å². The maximum atomic E-state index is 4.15. The lowest BCUT2D eigenvalue weighted by molar-refractivity contribution is 0.944. The Balaban J connectivity index is 2.81. The highest BCUT2D eigenvalue weighted by molar-refractivity contribution is 7.18. The van der Waals surface area contributed by atoms with Crippen molar-refractivity contribution in [3.05, 3.63) is 18.6 Å². The van der Waals surface area contributed by atoms with Crippen LogP contribution in [0.3, 0.4) is 0 Å². The van der Waals surface area contributed by atoms with Gasteiger partial charge in [0.25, 0.3) is 0 Å². The van der Waals surface area contributed by atoms with Crippen LogP contribution >= 0.6 is 9.39 Å². The third-order valence-electron chi connectivity index (χ3n) is 1.80. The fraction of sp³-hybridized carbons (Fsp3) is 0.143. The molecule has 0 aliphatic rings. The van der Waals surface area contributed by atoms with Crippen molar-refractivity contribution in [3.8, 4) is 0 Å². The highest BCUT2D eigenvalue weighted by Crippen LogP contribution is 2.19. The van der Waals surface area contributed by atoms with Crippen molar-refractivity contribution in [2.75, 3.05) is 5.09 Å². The molecule has 2 rings (SSSR count). The topological polar surface area (TPSA) is 42.7 Å². The second-order valence-corrected chi connectivity index (χ2v) is 2.82. The maximum absolute atomic E-state index is 4.15. The first-order chi connectivity index (χ1) is 5.83. The van der Waals surface area contributed by atoms with Gasteiger partial charge in [-0.2, -0.15) is 0 Å². The summed E-state index contributed by atoms with van der Waals surface area (Å²) in [5.41, 5.74) is 0.940. The van der Waals surface area contributed by atoms with Crippen LogP contribution in [0.1, 0.15) is 0 Å². The third-order valence-corrected chi connectivity index (χ3v) is 2.07. The Labute approximate surface area is 72.3 Å². The first-order valence-electron chi connectivity index (χ1n) is 3.55. The minimum Gasteiger partial charge on any atom is -0.354 e. The summed E-state index contributed by atoms with van der Waals surface area (Å²) in [7, 11) is 4.39. The third kappa shape index (κ3) is 0.959. The van der Waals surface area contributed by atoms with Crippen molar-refractivity contribution in [1.29, 1.82) is 0 Å². The van der Waals surface area contributed by atoms with E-state index >= 15 is 0 Å². The molecule has 0 fully saturated rings. The van der Waals surface area contributed by atoms with E-state index in [1.807, 2.05) is 23.9 Å². The molecule has 2 aromatic rings. The normalized spacial score (nSPS) is 10.5. The van der Waals surface area contributed by atoms with Crippen LogP contribution in [0.4, 0.5) is 5.82 Å². The SMILES string of the molecule is Cn1ccc2c(NP)ncnc21. The van der Waals surface area contributed by atoms with E-state index in [4.69, 9.17) is 0 Å². The molecule has 0 saturated carbocycles. The lowest BCUT2D eigenvalue weighted by atomic mass is 10.4. The molecular formula is C7H9N4P. The molecule has 0 amide bonds. The van der Waals surface area contributed by atoms with Gasteiger partial charge in [0.05, 0.1) is 5.39 Å². The Morgan fingerprint density at radius 3 is 3.08 bits per heavy atom. The summed E-state index contributed by atoms with van der Waals surface area (Å²) in [6.45, 7) is 0. The van der Waals surface area contributed by atoms with Gasteiger partial charge < -0.3 is 9.65 Å². The highest BCUT2D eigenvalue weighted by atomic mass is 31.0. The first kappa shape index (κ1) is 7.50. The molecule has 0 spiro atoms. The molecule has 0 bridgehead atoms. The maximum Gasteiger partial charge on any atom is 0.145 e. The number of aromatic nitrogens is 3. The van der Waals surface area contributed by atoms with Crippen LogP contribution in [-0.2, 0) is 7.05 Å². The molecule has 12 heavy (non-hydrogen) atoms. The molecule has 1 N–H and O–H groups in total. The Hall–Kier alpha value is -1.15. The Morgan fingerprint density at radius 1 is 1.50 bits per heavy atom. The van der Waals surface area contributed by atoms with Crippen LogP contribution in [-0.4, -0.2) is 14.5 Å². The second-order valence-electron chi connectivity index (χ2n) is 2.53. The molecule has 2 aromatic heterocycles. The molecule has 0 radical (unpaired) electrons. The van der Waals surface area contributed by atoms with Crippen LogP contribution in [0.5, 0.6) is 0 Å². The minimum absolute atomic E-state index is 0.839. The molecule has 0 saturated heterocycles. The van der Waals surface area contributed by atoms with Crippen molar-refractivity contribution < 1.29 is 0 Å². The van der Waals surface area contributed by atoms with Crippen molar-refractivity contribution in [2.45, 2.75) is 0 Å². The van der Waals surface area contributed by atoms with Gasteiger partial charge in [-0.05, 0) is 15.5 Å². The Kier molecular flexibility index (Phi) is 1.70. The average molecular weight is 180 g/mol. The van der Waals surface area contributed by atoms with Crippen molar-refractivity contribution in [2.24, 2.45) is 7.05 Å². The van der Waals surface area contributed by atoms with Gasteiger partial charge in [0.1, 0.15) is 17.8 Å². The number of rotatable bonds is 1. The molecule has 0 aliphatic heterocycles. The molecule has 0 aliphatic carbocycles. The van der Waals surface area contributed by atoms with E-state index in [1.54, 1.807) is 6.33 Å². The summed E-state index contributed by atoms with van der Waals surface area (Å²) < 4.78 is 1.96. The quantitative estimate of drug-likeness (QED) is 0.670. The van der Waals surface area contributed by atoms with Gasteiger partial charge in [0, 0.05) is 13.2 Å². The predicted molar refractivity (Wildman–Crippen MR) is 51.8 cm³/mol. The molecule has 0 aromatic carbocycles.